The second kappa shape index (κ2) is 5.03. The lowest BCUT2D eigenvalue weighted by Crippen LogP contribution is -2.02. The summed E-state index contributed by atoms with van der Waals surface area (Å²) < 4.78 is 0. The number of H-pyrrole nitrogens is 1. The van der Waals surface area contributed by atoms with Crippen LogP contribution in [0.25, 0.3) is 0 Å². The van der Waals surface area contributed by atoms with Gasteiger partial charge in [0.1, 0.15) is 5.82 Å². The Balaban J connectivity index is 2.06. The van der Waals surface area contributed by atoms with Crippen LogP contribution in [0.4, 0.5) is 11.4 Å². The Kier molecular flexibility index (Phi) is 3.26. The molecule has 2 rings (SSSR count). The van der Waals surface area contributed by atoms with E-state index in [0.717, 1.165) is 17.1 Å². The number of hydrogen-bond donors (Lipinski definition) is 3. The number of imidazole rings is 1. The van der Waals surface area contributed by atoms with Crippen molar-refractivity contribution in [3.8, 4) is 6.07 Å². The summed E-state index contributed by atoms with van der Waals surface area (Å²) in [4.78, 5) is 7.12. The summed E-state index contributed by atoms with van der Waals surface area (Å²) in [6.45, 7) is 0.614. The van der Waals surface area contributed by atoms with Crippen LogP contribution in [-0.4, -0.2) is 9.97 Å². The van der Waals surface area contributed by atoms with Gasteiger partial charge in [-0.2, -0.15) is 5.26 Å². The normalized spacial score (nSPS) is 9.82. The highest BCUT2D eigenvalue weighted by Gasteiger charge is 2.01. The van der Waals surface area contributed by atoms with E-state index in [4.69, 9.17) is 11.0 Å². The molecule has 0 amide bonds. The summed E-state index contributed by atoms with van der Waals surface area (Å²) >= 11 is 0. The molecule has 4 N–H and O–H groups in total. The quantitative estimate of drug-likeness (QED) is 0.693. The first-order chi connectivity index (χ1) is 8.29. The Bertz CT molecular complexity index is 524. The number of aromatic amines is 1. The van der Waals surface area contributed by atoms with Gasteiger partial charge in [-0.05, 0) is 23.8 Å². The largest absolute Gasteiger partial charge is 0.398 e. The van der Waals surface area contributed by atoms with E-state index in [2.05, 4.69) is 21.4 Å². The van der Waals surface area contributed by atoms with Gasteiger partial charge in [0.15, 0.2) is 0 Å². The molecule has 0 aliphatic heterocycles. The van der Waals surface area contributed by atoms with Crippen LogP contribution < -0.4 is 11.1 Å². The smallest absolute Gasteiger partial charge is 0.125 e. The molecule has 0 aliphatic rings. The summed E-state index contributed by atoms with van der Waals surface area (Å²) in [6.07, 6.45) is 3.81. The Labute approximate surface area is 99.3 Å². The van der Waals surface area contributed by atoms with Crippen molar-refractivity contribution in [3.63, 3.8) is 0 Å². The maximum Gasteiger partial charge on any atom is 0.125 e. The highest BCUT2D eigenvalue weighted by atomic mass is 15.0. The van der Waals surface area contributed by atoms with Gasteiger partial charge in [-0.3, -0.25) is 0 Å². The summed E-state index contributed by atoms with van der Waals surface area (Å²) in [6, 6.07) is 7.68. The Hall–Kier alpha value is -2.48. The molecular weight excluding hydrogens is 214 g/mol. The van der Waals surface area contributed by atoms with Crippen LogP contribution in [0.2, 0.25) is 0 Å². The summed E-state index contributed by atoms with van der Waals surface area (Å²) in [5.41, 5.74) is 8.19. The number of nitriles is 1. The predicted octanol–water partition coefficient (Wildman–Crippen LogP) is 1.67. The lowest BCUT2D eigenvalue weighted by molar-refractivity contribution is 0.999. The average Bonchev–Trinajstić information content (AvgIpc) is 2.83. The SMILES string of the molecule is N#CCc1cc(NCc2ncc[nH]2)ccc1N. The predicted molar refractivity (Wildman–Crippen MR) is 66.1 cm³/mol. The fourth-order valence-electron chi connectivity index (χ4n) is 1.53. The molecule has 0 saturated carbocycles. The zero-order valence-corrected chi connectivity index (χ0v) is 9.27. The van der Waals surface area contributed by atoms with Crippen molar-refractivity contribution in [1.29, 1.82) is 5.26 Å². The first-order valence-electron chi connectivity index (χ1n) is 5.27. The standard InChI is InChI=1S/C12H13N5/c13-4-3-9-7-10(1-2-11(9)14)17-8-12-15-5-6-16-12/h1-2,5-7,17H,3,8,14H2,(H,15,16). The first-order valence-corrected chi connectivity index (χ1v) is 5.27. The molecule has 0 saturated heterocycles. The van der Waals surface area contributed by atoms with E-state index in [-0.39, 0.29) is 0 Å². The van der Waals surface area contributed by atoms with Crippen molar-refractivity contribution in [2.45, 2.75) is 13.0 Å². The molecule has 86 valence electrons. The van der Waals surface area contributed by atoms with Gasteiger partial charge in [0.25, 0.3) is 0 Å². The van der Waals surface area contributed by atoms with E-state index in [9.17, 15) is 0 Å². The Morgan fingerprint density at radius 1 is 1.47 bits per heavy atom. The molecule has 1 heterocycles. The third-order valence-corrected chi connectivity index (χ3v) is 2.43. The third-order valence-electron chi connectivity index (χ3n) is 2.43. The lowest BCUT2D eigenvalue weighted by atomic mass is 10.1. The van der Waals surface area contributed by atoms with Gasteiger partial charge in [-0.1, -0.05) is 0 Å². The van der Waals surface area contributed by atoms with Crippen LogP contribution in [0.3, 0.4) is 0 Å². The van der Waals surface area contributed by atoms with Gasteiger partial charge >= 0.3 is 0 Å². The van der Waals surface area contributed by atoms with Crippen molar-refractivity contribution in [1.82, 2.24) is 9.97 Å². The van der Waals surface area contributed by atoms with Crippen LogP contribution in [0.15, 0.2) is 30.6 Å². The molecule has 0 unspecified atom stereocenters. The molecule has 2 aromatic rings. The first kappa shape index (κ1) is 11.0. The van der Waals surface area contributed by atoms with Gasteiger partial charge in [0.05, 0.1) is 19.0 Å². The number of nitrogens with one attached hydrogen (secondary N) is 2. The lowest BCUT2D eigenvalue weighted by Gasteiger charge is -2.07. The molecule has 1 aromatic carbocycles. The molecule has 0 aliphatic carbocycles. The minimum atomic E-state index is 0.322. The monoisotopic (exact) mass is 227 g/mol. The van der Waals surface area contributed by atoms with Crippen molar-refractivity contribution in [2.24, 2.45) is 0 Å². The molecule has 1 aromatic heterocycles. The topological polar surface area (TPSA) is 90.5 Å². The van der Waals surface area contributed by atoms with Crippen molar-refractivity contribution < 1.29 is 0 Å². The van der Waals surface area contributed by atoms with Crippen molar-refractivity contribution in [2.75, 3.05) is 11.1 Å². The van der Waals surface area contributed by atoms with E-state index in [1.807, 2.05) is 12.1 Å². The number of hydrogen-bond acceptors (Lipinski definition) is 4. The van der Waals surface area contributed by atoms with Gasteiger partial charge in [-0.15, -0.1) is 0 Å². The van der Waals surface area contributed by atoms with E-state index < -0.39 is 0 Å². The molecule has 5 nitrogen and oxygen atoms in total. The zero-order chi connectivity index (χ0) is 12.1. The van der Waals surface area contributed by atoms with Gasteiger partial charge in [-0.25, -0.2) is 4.98 Å². The molecular formula is C12H13N5. The number of aromatic nitrogens is 2. The molecule has 0 fully saturated rings. The van der Waals surface area contributed by atoms with E-state index >= 15 is 0 Å². The van der Waals surface area contributed by atoms with Crippen LogP contribution in [-0.2, 0) is 13.0 Å². The van der Waals surface area contributed by atoms with E-state index in [1.165, 1.54) is 0 Å². The second-order valence-electron chi connectivity index (χ2n) is 3.64. The maximum absolute atomic E-state index is 8.67. The Morgan fingerprint density at radius 2 is 2.35 bits per heavy atom. The fraction of sp³-hybridized carbons (Fsp3) is 0.167. The van der Waals surface area contributed by atoms with Crippen molar-refractivity contribution >= 4 is 11.4 Å². The van der Waals surface area contributed by atoms with E-state index in [0.29, 0.717) is 18.7 Å². The maximum atomic E-state index is 8.67. The molecule has 0 radical (unpaired) electrons. The number of nitrogens with two attached hydrogens (primary N) is 1. The van der Waals surface area contributed by atoms with Crippen molar-refractivity contribution in [3.05, 3.63) is 42.0 Å². The molecule has 17 heavy (non-hydrogen) atoms. The molecule has 5 heteroatoms. The van der Waals surface area contributed by atoms with Gasteiger partial charge < -0.3 is 16.0 Å². The van der Waals surface area contributed by atoms with Crippen LogP contribution in [0, 0.1) is 11.3 Å². The van der Waals surface area contributed by atoms with Gasteiger partial charge in [0.2, 0.25) is 0 Å². The fourth-order valence-corrected chi connectivity index (χ4v) is 1.53. The minimum Gasteiger partial charge on any atom is -0.398 e. The Morgan fingerprint density at radius 3 is 3.06 bits per heavy atom. The highest BCUT2D eigenvalue weighted by molar-refractivity contribution is 5.57. The second-order valence-corrected chi connectivity index (χ2v) is 3.64. The van der Waals surface area contributed by atoms with Crippen LogP contribution in [0.5, 0.6) is 0 Å². The summed E-state index contributed by atoms with van der Waals surface area (Å²) in [5.74, 6) is 0.864. The number of nitrogen functional groups attached to an aromatic ring is 1. The van der Waals surface area contributed by atoms with Crippen LogP contribution in [0.1, 0.15) is 11.4 Å². The number of nitrogens with zero attached hydrogens (tertiary/aromatic N) is 2. The molecule has 0 spiro atoms. The van der Waals surface area contributed by atoms with Gasteiger partial charge in [0, 0.05) is 23.8 Å². The number of benzene rings is 1. The molecule has 0 atom stereocenters. The van der Waals surface area contributed by atoms with Crippen LogP contribution >= 0.6 is 0 Å². The summed E-state index contributed by atoms with van der Waals surface area (Å²) in [5, 5.41) is 11.9. The number of anilines is 2. The van der Waals surface area contributed by atoms with E-state index in [1.54, 1.807) is 18.5 Å². The minimum absolute atomic E-state index is 0.322. The zero-order valence-electron chi connectivity index (χ0n) is 9.27. The average molecular weight is 227 g/mol. The molecule has 0 bridgehead atoms. The number of rotatable bonds is 4. The highest BCUT2D eigenvalue weighted by Crippen LogP contribution is 2.18. The third kappa shape index (κ3) is 2.75. The summed E-state index contributed by atoms with van der Waals surface area (Å²) in [7, 11) is 0.